The van der Waals surface area contributed by atoms with E-state index in [-0.39, 0.29) is 12.5 Å². The summed E-state index contributed by atoms with van der Waals surface area (Å²) in [6.45, 7) is 5.68. The molecule has 1 amide bonds. The van der Waals surface area contributed by atoms with Crippen molar-refractivity contribution in [1.29, 1.82) is 0 Å². The first-order valence-electron chi connectivity index (χ1n) is 7.47. The standard InChI is InChI=1S/C18H22N2O2/c1-3-19-12-15-6-4-5-7-17(15)20-18(21)13-22-16-10-8-14(2)9-11-16/h4-11,19H,3,12-13H2,1-2H3,(H,20,21). The van der Waals surface area contributed by atoms with Crippen LogP contribution in [0.3, 0.4) is 0 Å². The minimum absolute atomic E-state index is 0.00139. The lowest BCUT2D eigenvalue weighted by Crippen LogP contribution is -2.22. The minimum atomic E-state index is -0.162. The molecule has 0 unspecified atom stereocenters. The molecule has 0 aromatic heterocycles. The van der Waals surface area contributed by atoms with Gasteiger partial charge in [-0.3, -0.25) is 4.79 Å². The van der Waals surface area contributed by atoms with Crippen molar-refractivity contribution in [3.8, 4) is 5.75 Å². The summed E-state index contributed by atoms with van der Waals surface area (Å²) in [5.74, 6) is 0.534. The third-order valence-electron chi connectivity index (χ3n) is 3.25. The fourth-order valence-corrected chi connectivity index (χ4v) is 2.03. The van der Waals surface area contributed by atoms with Crippen LogP contribution < -0.4 is 15.4 Å². The van der Waals surface area contributed by atoms with Crippen LogP contribution >= 0.6 is 0 Å². The quantitative estimate of drug-likeness (QED) is 0.825. The zero-order valence-corrected chi connectivity index (χ0v) is 13.1. The molecule has 0 spiro atoms. The first-order valence-corrected chi connectivity index (χ1v) is 7.47. The van der Waals surface area contributed by atoms with Crippen molar-refractivity contribution in [2.45, 2.75) is 20.4 Å². The third-order valence-corrected chi connectivity index (χ3v) is 3.25. The van der Waals surface area contributed by atoms with Gasteiger partial charge in [0.1, 0.15) is 5.75 Å². The molecule has 0 aliphatic rings. The van der Waals surface area contributed by atoms with E-state index in [1.54, 1.807) is 0 Å². The van der Waals surface area contributed by atoms with Gasteiger partial charge in [0, 0.05) is 12.2 Å². The van der Waals surface area contributed by atoms with E-state index in [0.29, 0.717) is 5.75 Å². The van der Waals surface area contributed by atoms with Crippen molar-refractivity contribution in [2.24, 2.45) is 0 Å². The molecule has 0 bridgehead atoms. The molecule has 0 heterocycles. The van der Waals surface area contributed by atoms with Crippen LogP contribution in [0.1, 0.15) is 18.1 Å². The Hall–Kier alpha value is -2.33. The van der Waals surface area contributed by atoms with Gasteiger partial charge >= 0.3 is 0 Å². The van der Waals surface area contributed by atoms with Crippen LogP contribution in [0.2, 0.25) is 0 Å². The molecule has 2 aromatic carbocycles. The number of ether oxygens (including phenoxy) is 1. The summed E-state index contributed by atoms with van der Waals surface area (Å²) in [4.78, 5) is 12.0. The first-order chi connectivity index (χ1) is 10.7. The molecule has 0 radical (unpaired) electrons. The van der Waals surface area contributed by atoms with Crippen LogP contribution in [-0.2, 0) is 11.3 Å². The van der Waals surface area contributed by atoms with E-state index in [1.807, 2.05) is 55.5 Å². The molecule has 0 aliphatic heterocycles. The second kappa shape index (κ2) is 8.20. The van der Waals surface area contributed by atoms with Crippen molar-refractivity contribution in [1.82, 2.24) is 5.32 Å². The Morgan fingerprint density at radius 1 is 1.09 bits per heavy atom. The average molecular weight is 298 g/mol. The third kappa shape index (κ3) is 4.90. The van der Waals surface area contributed by atoms with Gasteiger partial charge in [-0.1, -0.05) is 42.8 Å². The van der Waals surface area contributed by atoms with Crippen LogP contribution in [0.25, 0.3) is 0 Å². The molecule has 116 valence electrons. The second-order valence-electron chi connectivity index (χ2n) is 5.09. The van der Waals surface area contributed by atoms with Crippen molar-refractivity contribution < 1.29 is 9.53 Å². The number of para-hydroxylation sites is 1. The summed E-state index contributed by atoms with van der Waals surface area (Å²) in [5.41, 5.74) is 3.04. The van der Waals surface area contributed by atoms with Crippen LogP contribution in [0, 0.1) is 6.92 Å². The van der Waals surface area contributed by atoms with Crippen LogP contribution in [-0.4, -0.2) is 19.1 Å². The van der Waals surface area contributed by atoms with E-state index in [0.717, 1.165) is 29.9 Å². The highest BCUT2D eigenvalue weighted by molar-refractivity contribution is 5.92. The van der Waals surface area contributed by atoms with Crippen LogP contribution in [0.5, 0.6) is 5.75 Å². The summed E-state index contributed by atoms with van der Waals surface area (Å²) in [6, 6.07) is 15.4. The summed E-state index contributed by atoms with van der Waals surface area (Å²) in [6.07, 6.45) is 0. The van der Waals surface area contributed by atoms with E-state index in [2.05, 4.69) is 17.6 Å². The van der Waals surface area contributed by atoms with Crippen molar-refractivity contribution >= 4 is 11.6 Å². The molecule has 2 N–H and O–H groups in total. The maximum absolute atomic E-state index is 12.0. The summed E-state index contributed by atoms with van der Waals surface area (Å²) < 4.78 is 5.49. The number of hydrogen-bond donors (Lipinski definition) is 2. The van der Waals surface area contributed by atoms with E-state index in [9.17, 15) is 4.79 Å². The Bertz CT molecular complexity index is 609. The van der Waals surface area contributed by atoms with E-state index in [4.69, 9.17) is 4.74 Å². The molecular weight excluding hydrogens is 276 g/mol. The molecule has 0 fully saturated rings. The zero-order chi connectivity index (χ0) is 15.8. The Morgan fingerprint density at radius 2 is 1.82 bits per heavy atom. The molecule has 4 nitrogen and oxygen atoms in total. The maximum Gasteiger partial charge on any atom is 0.262 e. The van der Waals surface area contributed by atoms with Gasteiger partial charge in [-0.15, -0.1) is 0 Å². The predicted molar refractivity (Wildman–Crippen MR) is 89.1 cm³/mol. The number of carbonyl (C=O) groups is 1. The minimum Gasteiger partial charge on any atom is -0.484 e. The Kier molecular flexibility index (Phi) is 5.98. The number of nitrogens with one attached hydrogen (secondary N) is 2. The molecule has 2 aromatic rings. The Balaban J connectivity index is 1.90. The maximum atomic E-state index is 12.0. The smallest absolute Gasteiger partial charge is 0.262 e. The van der Waals surface area contributed by atoms with Gasteiger partial charge in [0.05, 0.1) is 0 Å². The number of anilines is 1. The first kappa shape index (κ1) is 16.0. The zero-order valence-electron chi connectivity index (χ0n) is 13.1. The van der Waals surface area contributed by atoms with Crippen LogP contribution in [0.15, 0.2) is 48.5 Å². The van der Waals surface area contributed by atoms with Crippen LogP contribution in [0.4, 0.5) is 5.69 Å². The molecule has 2 rings (SSSR count). The molecule has 0 saturated carbocycles. The Morgan fingerprint density at radius 3 is 2.55 bits per heavy atom. The number of carbonyl (C=O) groups excluding carboxylic acids is 1. The van der Waals surface area contributed by atoms with Crippen molar-refractivity contribution in [2.75, 3.05) is 18.5 Å². The van der Waals surface area contributed by atoms with Gasteiger partial charge in [-0.2, -0.15) is 0 Å². The lowest BCUT2D eigenvalue weighted by atomic mass is 10.1. The highest BCUT2D eigenvalue weighted by Crippen LogP contribution is 2.15. The number of rotatable bonds is 7. The average Bonchev–Trinajstić information content (AvgIpc) is 2.53. The molecule has 0 saturated heterocycles. The summed E-state index contributed by atoms with van der Waals surface area (Å²) in [7, 11) is 0. The van der Waals surface area contributed by atoms with Gasteiger partial charge in [-0.25, -0.2) is 0 Å². The molecule has 22 heavy (non-hydrogen) atoms. The highest BCUT2D eigenvalue weighted by Gasteiger charge is 2.07. The molecule has 0 aliphatic carbocycles. The highest BCUT2D eigenvalue weighted by atomic mass is 16.5. The Labute approximate surface area is 131 Å². The monoisotopic (exact) mass is 298 g/mol. The van der Waals surface area contributed by atoms with Gasteiger partial charge in [-0.05, 0) is 37.2 Å². The fraction of sp³-hybridized carbons (Fsp3) is 0.278. The number of benzene rings is 2. The summed E-state index contributed by atoms with van der Waals surface area (Å²) in [5, 5.41) is 6.16. The lowest BCUT2D eigenvalue weighted by Gasteiger charge is -2.12. The SMILES string of the molecule is CCNCc1ccccc1NC(=O)COc1ccc(C)cc1. The van der Waals surface area contributed by atoms with Gasteiger partial charge in [0.15, 0.2) is 6.61 Å². The largest absolute Gasteiger partial charge is 0.484 e. The fourth-order valence-electron chi connectivity index (χ4n) is 2.03. The lowest BCUT2D eigenvalue weighted by molar-refractivity contribution is -0.118. The van der Waals surface area contributed by atoms with Crippen molar-refractivity contribution in [3.05, 3.63) is 59.7 Å². The van der Waals surface area contributed by atoms with Gasteiger partial charge in [0.2, 0.25) is 0 Å². The summed E-state index contributed by atoms with van der Waals surface area (Å²) >= 11 is 0. The number of hydrogen-bond acceptors (Lipinski definition) is 3. The van der Waals surface area contributed by atoms with Gasteiger partial charge < -0.3 is 15.4 Å². The van der Waals surface area contributed by atoms with E-state index >= 15 is 0 Å². The number of aryl methyl sites for hydroxylation is 1. The molecule has 4 heteroatoms. The molecular formula is C18H22N2O2. The van der Waals surface area contributed by atoms with E-state index in [1.165, 1.54) is 0 Å². The predicted octanol–water partition coefficient (Wildman–Crippen LogP) is 3.12. The normalized spacial score (nSPS) is 10.3. The second-order valence-corrected chi connectivity index (χ2v) is 5.09. The van der Waals surface area contributed by atoms with E-state index < -0.39 is 0 Å². The molecule has 0 atom stereocenters. The van der Waals surface area contributed by atoms with Crippen molar-refractivity contribution in [3.63, 3.8) is 0 Å². The number of amides is 1. The van der Waals surface area contributed by atoms with Gasteiger partial charge in [0.25, 0.3) is 5.91 Å². The topological polar surface area (TPSA) is 50.4 Å².